The van der Waals surface area contributed by atoms with Gasteiger partial charge in [-0.25, -0.2) is 0 Å². The summed E-state index contributed by atoms with van der Waals surface area (Å²) in [4.78, 5) is 0. The van der Waals surface area contributed by atoms with Crippen LogP contribution in [0.4, 0.5) is 0 Å². The van der Waals surface area contributed by atoms with Crippen molar-refractivity contribution in [3.63, 3.8) is 0 Å². The van der Waals surface area contributed by atoms with Crippen molar-refractivity contribution >= 4 is 11.6 Å². The minimum absolute atomic E-state index is 0.402. The summed E-state index contributed by atoms with van der Waals surface area (Å²) in [7, 11) is 1.71. The Morgan fingerprint density at radius 1 is 1.44 bits per heavy atom. The summed E-state index contributed by atoms with van der Waals surface area (Å²) in [5.41, 5.74) is 0.494. The van der Waals surface area contributed by atoms with Crippen molar-refractivity contribution < 1.29 is 14.6 Å². The highest BCUT2D eigenvalue weighted by Crippen LogP contribution is 2.26. The number of nitrogens with zero attached hydrogens (tertiary/aromatic N) is 2. The summed E-state index contributed by atoms with van der Waals surface area (Å²) in [6.07, 6.45) is -0.183. The fourth-order valence-corrected chi connectivity index (χ4v) is 1.72. The van der Waals surface area contributed by atoms with Gasteiger partial charge < -0.3 is 14.6 Å². The number of aliphatic hydroxyl groups is 1. The van der Waals surface area contributed by atoms with E-state index in [2.05, 4.69) is 5.10 Å². The van der Waals surface area contributed by atoms with Gasteiger partial charge in [0.05, 0.1) is 16.9 Å². The van der Waals surface area contributed by atoms with Crippen LogP contribution in [-0.2, 0) is 16.5 Å². The number of hydrogen-bond acceptors (Lipinski definition) is 4. The first-order valence-corrected chi connectivity index (χ1v) is 5.58. The lowest BCUT2D eigenvalue weighted by atomic mass is 10.2. The molecule has 6 heteroatoms. The molecule has 1 aromatic rings. The Labute approximate surface area is 99.9 Å². The molecule has 0 amide bonds. The SMILES string of the molecule is CCOC(OCC)C(O)c1c(Cl)cnn1C. The molecule has 0 saturated heterocycles. The lowest BCUT2D eigenvalue weighted by Crippen LogP contribution is -2.27. The number of hydrogen-bond donors (Lipinski definition) is 1. The molecule has 1 heterocycles. The highest BCUT2D eigenvalue weighted by Gasteiger charge is 2.26. The van der Waals surface area contributed by atoms with Crippen LogP contribution in [0.1, 0.15) is 25.6 Å². The minimum atomic E-state index is -0.945. The average molecular weight is 249 g/mol. The highest BCUT2D eigenvalue weighted by molar-refractivity contribution is 6.31. The van der Waals surface area contributed by atoms with E-state index in [1.807, 2.05) is 13.8 Å². The second-order valence-corrected chi connectivity index (χ2v) is 3.63. The zero-order valence-corrected chi connectivity index (χ0v) is 10.4. The monoisotopic (exact) mass is 248 g/mol. The smallest absolute Gasteiger partial charge is 0.189 e. The molecular formula is C10H17ClN2O3. The van der Waals surface area contributed by atoms with Crippen LogP contribution in [0.25, 0.3) is 0 Å². The Bertz CT molecular complexity index is 304. The first kappa shape index (κ1) is 13.4. The third-order valence-corrected chi connectivity index (χ3v) is 2.43. The van der Waals surface area contributed by atoms with Crippen molar-refractivity contribution in [2.75, 3.05) is 13.2 Å². The molecule has 5 nitrogen and oxygen atoms in total. The third-order valence-electron chi connectivity index (χ3n) is 2.14. The molecule has 0 spiro atoms. The molecule has 1 N–H and O–H groups in total. The molecule has 1 unspecified atom stereocenters. The maximum absolute atomic E-state index is 10.1. The summed E-state index contributed by atoms with van der Waals surface area (Å²) in [6.45, 7) is 4.58. The van der Waals surface area contributed by atoms with Gasteiger partial charge >= 0.3 is 0 Å². The zero-order valence-electron chi connectivity index (χ0n) is 9.68. The van der Waals surface area contributed by atoms with Crippen molar-refractivity contribution in [1.29, 1.82) is 0 Å². The first-order valence-electron chi connectivity index (χ1n) is 5.20. The van der Waals surface area contributed by atoms with Crippen LogP contribution in [0.2, 0.25) is 5.02 Å². The molecule has 1 aromatic heterocycles. The average Bonchev–Trinajstić information content (AvgIpc) is 2.57. The fourth-order valence-electron chi connectivity index (χ4n) is 1.44. The Hall–Kier alpha value is -0.620. The van der Waals surface area contributed by atoms with E-state index < -0.39 is 12.4 Å². The number of aryl methyl sites for hydroxylation is 1. The Morgan fingerprint density at radius 2 is 2.00 bits per heavy atom. The molecule has 1 atom stereocenters. The molecule has 0 aromatic carbocycles. The van der Waals surface area contributed by atoms with Crippen LogP contribution >= 0.6 is 11.6 Å². The Kier molecular flexibility index (Phi) is 5.21. The molecule has 0 saturated carbocycles. The summed E-state index contributed by atoms with van der Waals surface area (Å²) < 4.78 is 12.1. The van der Waals surface area contributed by atoms with E-state index in [4.69, 9.17) is 21.1 Å². The fraction of sp³-hybridized carbons (Fsp3) is 0.700. The quantitative estimate of drug-likeness (QED) is 0.776. The van der Waals surface area contributed by atoms with E-state index in [1.54, 1.807) is 7.05 Å². The van der Waals surface area contributed by atoms with Gasteiger partial charge in [0.2, 0.25) is 0 Å². The van der Waals surface area contributed by atoms with Crippen molar-refractivity contribution in [1.82, 2.24) is 9.78 Å². The number of rotatable bonds is 6. The van der Waals surface area contributed by atoms with Gasteiger partial charge in [0.15, 0.2) is 6.29 Å². The van der Waals surface area contributed by atoms with Crippen LogP contribution in [0.3, 0.4) is 0 Å². The molecule has 16 heavy (non-hydrogen) atoms. The normalized spacial score (nSPS) is 13.4. The molecule has 0 aliphatic heterocycles. The molecule has 0 fully saturated rings. The van der Waals surface area contributed by atoms with Crippen molar-refractivity contribution in [3.8, 4) is 0 Å². The predicted octanol–water partition coefficient (Wildman–Crippen LogP) is 1.51. The maximum Gasteiger partial charge on any atom is 0.189 e. The minimum Gasteiger partial charge on any atom is -0.381 e. The molecule has 0 aliphatic rings. The lowest BCUT2D eigenvalue weighted by molar-refractivity contribution is -0.193. The molecule has 1 rings (SSSR count). The predicted molar refractivity (Wildman–Crippen MR) is 60.2 cm³/mol. The third kappa shape index (κ3) is 2.95. The van der Waals surface area contributed by atoms with E-state index in [9.17, 15) is 5.11 Å². The number of aliphatic hydroxyl groups excluding tert-OH is 1. The molecule has 92 valence electrons. The molecular weight excluding hydrogens is 232 g/mol. The summed E-state index contributed by atoms with van der Waals surface area (Å²) in [5.74, 6) is 0. The first-order chi connectivity index (χ1) is 7.61. The number of halogens is 1. The number of ether oxygens (including phenoxy) is 2. The van der Waals surface area contributed by atoms with Crippen molar-refractivity contribution in [2.24, 2.45) is 7.05 Å². The summed E-state index contributed by atoms with van der Waals surface area (Å²) in [6, 6.07) is 0. The van der Waals surface area contributed by atoms with Gasteiger partial charge in [-0.1, -0.05) is 11.6 Å². The van der Waals surface area contributed by atoms with Crippen LogP contribution in [0.5, 0.6) is 0 Å². The van der Waals surface area contributed by atoms with E-state index in [1.165, 1.54) is 10.9 Å². The van der Waals surface area contributed by atoms with Crippen LogP contribution < -0.4 is 0 Å². The van der Waals surface area contributed by atoms with Crippen molar-refractivity contribution in [3.05, 3.63) is 16.9 Å². The number of aromatic nitrogens is 2. The topological polar surface area (TPSA) is 56.5 Å². The lowest BCUT2D eigenvalue weighted by Gasteiger charge is -2.22. The second kappa shape index (κ2) is 6.20. The van der Waals surface area contributed by atoms with Gasteiger partial charge in [-0.15, -0.1) is 0 Å². The van der Waals surface area contributed by atoms with Gasteiger partial charge in [-0.3, -0.25) is 4.68 Å². The Balaban J connectivity index is 2.84. The largest absolute Gasteiger partial charge is 0.381 e. The second-order valence-electron chi connectivity index (χ2n) is 3.23. The molecule has 0 bridgehead atoms. The van der Waals surface area contributed by atoms with Crippen LogP contribution in [0, 0.1) is 0 Å². The summed E-state index contributed by atoms with van der Waals surface area (Å²) >= 11 is 5.93. The zero-order chi connectivity index (χ0) is 12.1. The van der Waals surface area contributed by atoms with E-state index in [0.717, 1.165) is 0 Å². The van der Waals surface area contributed by atoms with E-state index in [-0.39, 0.29) is 0 Å². The van der Waals surface area contributed by atoms with Gasteiger partial charge in [0, 0.05) is 20.3 Å². The summed E-state index contributed by atoms with van der Waals surface area (Å²) in [5, 5.41) is 14.5. The van der Waals surface area contributed by atoms with Gasteiger partial charge in [0.1, 0.15) is 6.10 Å². The van der Waals surface area contributed by atoms with Crippen LogP contribution in [0.15, 0.2) is 6.20 Å². The van der Waals surface area contributed by atoms with Gasteiger partial charge in [0.25, 0.3) is 0 Å². The standard InChI is InChI=1S/C10H17ClN2O3/c1-4-15-10(16-5-2)9(14)8-7(11)6-12-13(8)3/h6,9-10,14H,4-5H2,1-3H3. The molecule has 0 radical (unpaired) electrons. The maximum atomic E-state index is 10.1. The van der Waals surface area contributed by atoms with Gasteiger partial charge in [-0.05, 0) is 13.8 Å². The van der Waals surface area contributed by atoms with E-state index >= 15 is 0 Å². The molecule has 0 aliphatic carbocycles. The van der Waals surface area contributed by atoms with Crippen LogP contribution in [-0.4, -0.2) is 34.4 Å². The van der Waals surface area contributed by atoms with E-state index in [0.29, 0.717) is 23.9 Å². The van der Waals surface area contributed by atoms with Crippen molar-refractivity contribution in [2.45, 2.75) is 26.2 Å². The van der Waals surface area contributed by atoms with Gasteiger partial charge in [-0.2, -0.15) is 5.10 Å². The Morgan fingerprint density at radius 3 is 2.38 bits per heavy atom. The highest BCUT2D eigenvalue weighted by atomic mass is 35.5.